The molecule has 1 aliphatic heterocycles. The van der Waals surface area contributed by atoms with Crippen molar-refractivity contribution in [2.24, 2.45) is 11.7 Å². The van der Waals surface area contributed by atoms with Gasteiger partial charge in [-0.1, -0.05) is 13.0 Å². The van der Waals surface area contributed by atoms with Gasteiger partial charge in [-0.2, -0.15) is 0 Å². The van der Waals surface area contributed by atoms with Crippen LogP contribution in [0.4, 0.5) is 0 Å². The van der Waals surface area contributed by atoms with E-state index >= 15 is 0 Å². The molecule has 1 atom stereocenters. The summed E-state index contributed by atoms with van der Waals surface area (Å²) in [6.07, 6.45) is 0.341. The molecule has 98 valence electrons. The molecule has 0 saturated heterocycles. The second-order valence-electron chi connectivity index (χ2n) is 4.51. The monoisotopic (exact) mass is 250 g/mol. The third-order valence-corrected chi connectivity index (χ3v) is 2.85. The number of hydrogen-bond acceptors (Lipinski definition) is 4. The van der Waals surface area contributed by atoms with Crippen LogP contribution in [0.25, 0.3) is 0 Å². The van der Waals surface area contributed by atoms with Gasteiger partial charge in [-0.05, 0) is 30.2 Å². The average molecular weight is 250 g/mol. The molecule has 1 aliphatic rings. The van der Waals surface area contributed by atoms with E-state index in [-0.39, 0.29) is 12.7 Å². The molecule has 1 aromatic carbocycles. The van der Waals surface area contributed by atoms with Crippen LogP contribution in [0, 0.1) is 5.92 Å². The van der Waals surface area contributed by atoms with Crippen LogP contribution in [0.3, 0.4) is 0 Å². The predicted molar refractivity (Wildman–Crippen MR) is 67.5 cm³/mol. The van der Waals surface area contributed by atoms with Crippen molar-refractivity contribution in [3.63, 3.8) is 0 Å². The number of fused-ring (bicyclic) bond motifs is 1. The van der Waals surface area contributed by atoms with Crippen molar-refractivity contribution < 1.29 is 14.3 Å². The smallest absolute Gasteiger partial charge is 0.231 e. The molecule has 0 saturated carbocycles. The molecule has 18 heavy (non-hydrogen) atoms. The Morgan fingerprint density at radius 1 is 1.44 bits per heavy atom. The second kappa shape index (κ2) is 5.73. The number of rotatable bonds is 5. The highest BCUT2D eigenvalue weighted by atomic mass is 16.7. The Hall–Kier alpha value is -1.75. The Balaban J connectivity index is 1.87. The van der Waals surface area contributed by atoms with Gasteiger partial charge in [0.2, 0.25) is 12.7 Å². The number of amides is 1. The minimum atomic E-state index is -0.00540. The van der Waals surface area contributed by atoms with E-state index in [2.05, 4.69) is 5.32 Å². The molecule has 0 aromatic heterocycles. The van der Waals surface area contributed by atoms with Crippen molar-refractivity contribution in [1.29, 1.82) is 0 Å². The third kappa shape index (κ3) is 3.13. The van der Waals surface area contributed by atoms with E-state index in [1.54, 1.807) is 0 Å². The first-order chi connectivity index (χ1) is 8.69. The first-order valence-corrected chi connectivity index (χ1v) is 6.04. The fourth-order valence-corrected chi connectivity index (χ4v) is 1.67. The molecule has 3 N–H and O–H groups in total. The van der Waals surface area contributed by atoms with Gasteiger partial charge in [-0.15, -0.1) is 0 Å². The quantitative estimate of drug-likeness (QED) is 0.805. The van der Waals surface area contributed by atoms with Crippen LogP contribution >= 0.6 is 0 Å². The van der Waals surface area contributed by atoms with Gasteiger partial charge in [-0.3, -0.25) is 4.79 Å². The zero-order valence-corrected chi connectivity index (χ0v) is 10.4. The van der Waals surface area contributed by atoms with Crippen LogP contribution in [0.2, 0.25) is 0 Å². The van der Waals surface area contributed by atoms with Crippen LogP contribution in [0.5, 0.6) is 11.5 Å². The van der Waals surface area contributed by atoms with Gasteiger partial charge in [0, 0.05) is 6.54 Å². The Morgan fingerprint density at radius 2 is 2.22 bits per heavy atom. The molecule has 2 rings (SSSR count). The maximum atomic E-state index is 11.7. The van der Waals surface area contributed by atoms with E-state index in [1.807, 2.05) is 25.1 Å². The Labute approximate surface area is 106 Å². The van der Waals surface area contributed by atoms with Crippen molar-refractivity contribution in [2.75, 3.05) is 19.9 Å². The molecular weight excluding hydrogens is 232 g/mol. The highest BCUT2D eigenvalue weighted by Crippen LogP contribution is 2.32. The van der Waals surface area contributed by atoms with Gasteiger partial charge < -0.3 is 20.5 Å². The molecule has 0 aliphatic carbocycles. The molecule has 0 fully saturated rings. The lowest BCUT2D eigenvalue weighted by Gasteiger charge is -2.10. The first-order valence-electron chi connectivity index (χ1n) is 6.04. The third-order valence-electron chi connectivity index (χ3n) is 2.85. The summed E-state index contributed by atoms with van der Waals surface area (Å²) in [4.78, 5) is 11.7. The number of nitrogens with one attached hydrogen (secondary N) is 1. The van der Waals surface area contributed by atoms with Crippen LogP contribution in [0.15, 0.2) is 18.2 Å². The molecule has 5 heteroatoms. The van der Waals surface area contributed by atoms with Crippen molar-refractivity contribution >= 4 is 5.91 Å². The van der Waals surface area contributed by atoms with E-state index in [0.29, 0.717) is 31.2 Å². The number of ether oxygens (including phenoxy) is 2. The van der Waals surface area contributed by atoms with Gasteiger partial charge >= 0.3 is 0 Å². The van der Waals surface area contributed by atoms with Crippen LogP contribution in [-0.2, 0) is 11.2 Å². The summed E-state index contributed by atoms with van der Waals surface area (Å²) in [5, 5.41) is 2.86. The SMILES string of the molecule is CC(CN)CNC(=O)Cc1ccc2c(c1)OCO2. The summed E-state index contributed by atoms with van der Waals surface area (Å²) in [5.41, 5.74) is 6.40. The van der Waals surface area contributed by atoms with Crippen LogP contribution < -0.4 is 20.5 Å². The lowest BCUT2D eigenvalue weighted by Crippen LogP contribution is -2.32. The minimum Gasteiger partial charge on any atom is -0.454 e. The maximum Gasteiger partial charge on any atom is 0.231 e. The van der Waals surface area contributed by atoms with E-state index in [4.69, 9.17) is 15.2 Å². The highest BCUT2D eigenvalue weighted by molar-refractivity contribution is 5.78. The summed E-state index contributed by atoms with van der Waals surface area (Å²) in [6.45, 7) is 3.43. The highest BCUT2D eigenvalue weighted by Gasteiger charge is 2.14. The van der Waals surface area contributed by atoms with Gasteiger partial charge in [0.25, 0.3) is 0 Å². The zero-order valence-electron chi connectivity index (χ0n) is 10.4. The zero-order chi connectivity index (χ0) is 13.0. The molecule has 1 amide bonds. The number of benzene rings is 1. The van der Waals surface area contributed by atoms with Gasteiger partial charge in [-0.25, -0.2) is 0 Å². The summed E-state index contributed by atoms with van der Waals surface area (Å²) in [6, 6.07) is 5.54. The van der Waals surface area contributed by atoms with Gasteiger partial charge in [0.15, 0.2) is 11.5 Å². The normalized spacial score (nSPS) is 14.3. The van der Waals surface area contributed by atoms with E-state index in [0.717, 1.165) is 11.3 Å². The van der Waals surface area contributed by atoms with E-state index < -0.39 is 0 Å². The van der Waals surface area contributed by atoms with Crippen LogP contribution in [0.1, 0.15) is 12.5 Å². The molecule has 1 heterocycles. The number of hydrogen-bond donors (Lipinski definition) is 2. The Morgan fingerprint density at radius 3 is 3.00 bits per heavy atom. The maximum absolute atomic E-state index is 11.7. The fourth-order valence-electron chi connectivity index (χ4n) is 1.67. The molecular formula is C13H18N2O3. The largest absolute Gasteiger partial charge is 0.454 e. The predicted octanol–water partition coefficient (Wildman–Crippen LogP) is 0.669. The van der Waals surface area contributed by atoms with Crippen LogP contribution in [-0.4, -0.2) is 25.8 Å². The molecule has 0 spiro atoms. The molecule has 1 aromatic rings. The summed E-state index contributed by atoms with van der Waals surface area (Å²) in [5.74, 6) is 1.73. The average Bonchev–Trinajstić information content (AvgIpc) is 2.83. The van der Waals surface area contributed by atoms with Crippen molar-refractivity contribution in [3.8, 4) is 11.5 Å². The summed E-state index contributed by atoms with van der Waals surface area (Å²) >= 11 is 0. The molecule has 0 radical (unpaired) electrons. The number of carbonyl (C=O) groups is 1. The molecule has 1 unspecified atom stereocenters. The van der Waals surface area contributed by atoms with Crippen molar-refractivity contribution in [2.45, 2.75) is 13.3 Å². The first kappa shape index (κ1) is 12.7. The summed E-state index contributed by atoms with van der Waals surface area (Å²) in [7, 11) is 0. The lowest BCUT2D eigenvalue weighted by atomic mass is 10.1. The molecule has 5 nitrogen and oxygen atoms in total. The molecule has 0 bridgehead atoms. The summed E-state index contributed by atoms with van der Waals surface area (Å²) < 4.78 is 10.5. The van der Waals surface area contributed by atoms with E-state index in [9.17, 15) is 4.79 Å². The number of nitrogens with two attached hydrogens (primary N) is 1. The minimum absolute atomic E-state index is 0.00540. The van der Waals surface area contributed by atoms with Gasteiger partial charge in [0.1, 0.15) is 0 Å². The van der Waals surface area contributed by atoms with Crippen molar-refractivity contribution in [1.82, 2.24) is 5.32 Å². The standard InChI is InChI=1S/C13H18N2O3/c1-9(6-14)7-15-13(16)5-10-2-3-11-12(4-10)18-8-17-11/h2-4,9H,5-8,14H2,1H3,(H,15,16). The lowest BCUT2D eigenvalue weighted by molar-refractivity contribution is -0.120. The Kier molecular flexibility index (Phi) is 4.04. The van der Waals surface area contributed by atoms with Crippen molar-refractivity contribution in [3.05, 3.63) is 23.8 Å². The fraction of sp³-hybridized carbons (Fsp3) is 0.462. The van der Waals surface area contributed by atoms with E-state index in [1.165, 1.54) is 0 Å². The van der Waals surface area contributed by atoms with Gasteiger partial charge in [0.05, 0.1) is 6.42 Å². The number of carbonyl (C=O) groups excluding carboxylic acids is 1. The second-order valence-corrected chi connectivity index (χ2v) is 4.51. The Bertz CT molecular complexity index is 434. The topological polar surface area (TPSA) is 73.6 Å².